The van der Waals surface area contributed by atoms with E-state index in [0.717, 1.165) is 11.8 Å². The first-order chi connectivity index (χ1) is 13.0. The number of ether oxygens (including phenoxy) is 3. The fourth-order valence-corrected chi connectivity index (χ4v) is 3.56. The first kappa shape index (κ1) is 19.5. The Labute approximate surface area is 158 Å². The number of cyclic esters (lactones) is 1. The van der Waals surface area contributed by atoms with Gasteiger partial charge in [-0.25, -0.2) is 9.69 Å². The van der Waals surface area contributed by atoms with Gasteiger partial charge in [0.1, 0.15) is 12.9 Å². The molecule has 2 saturated heterocycles. The van der Waals surface area contributed by atoms with Crippen molar-refractivity contribution < 1.29 is 28.6 Å². The Bertz CT molecular complexity index is 670. The molecule has 27 heavy (non-hydrogen) atoms. The highest BCUT2D eigenvalue weighted by atomic mass is 16.7. The van der Waals surface area contributed by atoms with Gasteiger partial charge in [-0.15, -0.1) is 0 Å². The summed E-state index contributed by atoms with van der Waals surface area (Å²) in [5.74, 6) is -1.71. The molecule has 1 aromatic rings. The normalized spacial score (nSPS) is 22.5. The van der Waals surface area contributed by atoms with Crippen molar-refractivity contribution in [2.24, 2.45) is 5.92 Å². The van der Waals surface area contributed by atoms with E-state index in [1.807, 2.05) is 37.3 Å². The van der Waals surface area contributed by atoms with E-state index in [1.54, 1.807) is 0 Å². The Morgan fingerprint density at radius 2 is 2.00 bits per heavy atom. The number of nitrogens with zero attached hydrogens (tertiary/aromatic N) is 1. The first-order valence-electron chi connectivity index (χ1n) is 9.28. The third kappa shape index (κ3) is 4.73. The van der Waals surface area contributed by atoms with Crippen molar-refractivity contribution in [3.05, 3.63) is 35.9 Å². The molecule has 2 fully saturated rings. The summed E-state index contributed by atoms with van der Waals surface area (Å²) in [7, 11) is 0. The van der Waals surface area contributed by atoms with Crippen molar-refractivity contribution in [2.75, 3.05) is 19.8 Å². The second-order valence-electron chi connectivity index (χ2n) is 7.10. The molecule has 7 heteroatoms. The summed E-state index contributed by atoms with van der Waals surface area (Å²) in [6.45, 7) is 3.02. The molecule has 1 aromatic carbocycles. The fourth-order valence-electron chi connectivity index (χ4n) is 3.56. The maximum atomic E-state index is 13.0. The highest BCUT2D eigenvalue weighted by Crippen LogP contribution is 2.29. The predicted molar refractivity (Wildman–Crippen MR) is 95.8 cm³/mol. The Hall–Kier alpha value is -2.25. The van der Waals surface area contributed by atoms with E-state index in [-0.39, 0.29) is 25.0 Å². The van der Waals surface area contributed by atoms with Crippen LogP contribution in [0, 0.1) is 5.92 Å². The van der Waals surface area contributed by atoms with Crippen LogP contribution in [-0.2, 0) is 30.2 Å². The van der Waals surface area contributed by atoms with E-state index in [2.05, 4.69) is 0 Å². The van der Waals surface area contributed by atoms with Crippen molar-refractivity contribution in [2.45, 2.75) is 44.4 Å². The molecule has 2 aliphatic rings. The molecule has 2 aliphatic heterocycles. The van der Waals surface area contributed by atoms with E-state index in [4.69, 9.17) is 14.2 Å². The van der Waals surface area contributed by atoms with Crippen molar-refractivity contribution in [1.29, 1.82) is 0 Å². The summed E-state index contributed by atoms with van der Waals surface area (Å²) in [6.07, 6.45) is 1.53. The third-order valence-electron chi connectivity index (χ3n) is 5.09. The predicted octanol–water partition coefficient (Wildman–Crippen LogP) is 2.32. The second-order valence-corrected chi connectivity index (χ2v) is 7.10. The Balaban J connectivity index is 1.68. The van der Waals surface area contributed by atoms with Crippen LogP contribution in [0.4, 0.5) is 4.79 Å². The lowest BCUT2D eigenvalue weighted by atomic mass is 9.94. The molecule has 0 aliphatic carbocycles. The average molecular weight is 375 g/mol. The van der Waals surface area contributed by atoms with Crippen LogP contribution >= 0.6 is 0 Å². The van der Waals surface area contributed by atoms with Gasteiger partial charge in [-0.1, -0.05) is 30.3 Å². The van der Waals surface area contributed by atoms with Crippen LogP contribution in [0.5, 0.6) is 0 Å². The number of imide groups is 1. The number of hydrogen-bond donors (Lipinski definition) is 0. The number of benzene rings is 1. The lowest BCUT2D eigenvalue weighted by Gasteiger charge is -2.27. The molecular formula is C20H25NO6. The van der Waals surface area contributed by atoms with Gasteiger partial charge >= 0.3 is 6.09 Å². The number of carbonyl (C=O) groups is 3. The second kappa shape index (κ2) is 8.63. The summed E-state index contributed by atoms with van der Waals surface area (Å²) < 4.78 is 16.3. The summed E-state index contributed by atoms with van der Waals surface area (Å²) in [5.41, 5.74) is 1.02. The molecule has 2 heterocycles. The lowest BCUT2D eigenvalue weighted by Crippen LogP contribution is -2.44. The van der Waals surface area contributed by atoms with Gasteiger partial charge in [0.05, 0.1) is 19.3 Å². The van der Waals surface area contributed by atoms with Crippen LogP contribution in [0.15, 0.2) is 30.3 Å². The topological polar surface area (TPSA) is 82.1 Å². The molecule has 3 rings (SSSR count). The van der Waals surface area contributed by atoms with Gasteiger partial charge in [0.25, 0.3) is 0 Å². The zero-order chi connectivity index (χ0) is 19.3. The van der Waals surface area contributed by atoms with Crippen molar-refractivity contribution >= 4 is 18.3 Å². The fraction of sp³-hybridized carbons (Fsp3) is 0.550. The Morgan fingerprint density at radius 1 is 1.30 bits per heavy atom. The molecule has 2 unspecified atom stereocenters. The molecule has 2 amide bonds. The average Bonchev–Trinajstić information content (AvgIpc) is 3.25. The summed E-state index contributed by atoms with van der Waals surface area (Å²) in [5, 5.41) is 0. The van der Waals surface area contributed by atoms with E-state index >= 15 is 0 Å². The highest BCUT2D eigenvalue weighted by molar-refractivity contribution is 5.95. The molecule has 0 spiro atoms. The van der Waals surface area contributed by atoms with Gasteiger partial charge in [0.15, 0.2) is 5.79 Å². The van der Waals surface area contributed by atoms with Crippen molar-refractivity contribution in [3.63, 3.8) is 0 Å². The highest BCUT2D eigenvalue weighted by Gasteiger charge is 2.41. The van der Waals surface area contributed by atoms with Crippen LogP contribution in [0.25, 0.3) is 0 Å². The maximum Gasteiger partial charge on any atom is 0.416 e. The SMILES string of the molecule is CC1(CCC(CC=O)C(=O)N2C(=O)OCC2Cc2ccccc2)OCCO1. The number of hydrogen-bond acceptors (Lipinski definition) is 6. The molecule has 0 aromatic heterocycles. The summed E-state index contributed by atoms with van der Waals surface area (Å²) in [4.78, 5) is 37.5. The summed E-state index contributed by atoms with van der Waals surface area (Å²) in [6, 6.07) is 9.27. The standard InChI is InChI=1S/C20H25NO6/c1-20(26-11-12-27-20)9-7-16(8-10-22)18(23)21-17(14-25-19(21)24)13-15-5-3-2-4-6-15/h2-6,10,16-17H,7-9,11-14H2,1H3. The lowest BCUT2D eigenvalue weighted by molar-refractivity contribution is -0.152. The number of rotatable bonds is 8. The molecule has 2 atom stereocenters. The molecule has 0 radical (unpaired) electrons. The zero-order valence-corrected chi connectivity index (χ0v) is 15.5. The van der Waals surface area contributed by atoms with E-state index in [0.29, 0.717) is 32.5 Å². The quantitative estimate of drug-likeness (QED) is 0.649. The number of carbonyl (C=O) groups excluding carboxylic acids is 3. The van der Waals surface area contributed by atoms with E-state index in [9.17, 15) is 14.4 Å². The van der Waals surface area contributed by atoms with Gasteiger partial charge in [-0.2, -0.15) is 0 Å². The van der Waals surface area contributed by atoms with Gasteiger partial charge < -0.3 is 19.0 Å². The Morgan fingerprint density at radius 3 is 2.67 bits per heavy atom. The molecule has 0 saturated carbocycles. The maximum absolute atomic E-state index is 13.0. The first-order valence-corrected chi connectivity index (χ1v) is 9.28. The van der Waals surface area contributed by atoms with Gasteiger partial charge in [0.2, 0.25) is 5.91 Å². The van der Waals surface area contributed by atoms with E-state index < -0.39 is 17.8 Å². The smallest absolute Gasteiger partial charge is 0.416 e. The zero-order valence-electron chi connectivity index (χ0n) is 15.5. The van der Waals surface area contributed by atoms with Crippen LogP contribution in [-0.4, -0.2) is 54.8 Å². The van der Waals surface area contributed by atoms with Gasteiger partial charge in [-0.3, -0.25) is 4.79 Å². The molecule has 0 N–H and O–H groups in total. The largest absolute Gasteiger partial charge is 0.447 e. The molecule has 146 valence electrons. The minimum atomic E-state index is -0.740. The number of amides is 2. The third-order valence-corrected chi connectivity index (χ3v) is 5.09. The molecule has 7 nitrogen and oxygen atoms in total. The minimum absolute atomic E-state index is 0.0523. The van der Waals surface area contributed by atoms with Crippen LogP contribution in [0.2, 0.25) is 0 Å². The van der Waals surface area contributed by atoms with Gasteiger partial charge in [0, 0.05) is 18.8 Å². The molecule has 0 bridgehead atoms. The Kier molecular flexibility index (Phi) is 6.23. The van der Waals surface area contributed by atoms with Crippen molar-refractivity contribution in [3.8, 4) is 0 Å². The number of aldehydes is 1. The van der Waals surface area contributed by atoms with Crippen LogP contribution in [0.3, 0.4) is 0 Å². The molecular weight excluding hydrogens is 350 g/mol. The van der Waals surface area contributed by atoms with Crippen LogP contribution < -0.4 is 0 Å². The van der Waals surface area contributed by atoms with E-state index in [1.165, 1.54) is 4.90 Å². The van der Waals surface area contributed by atoms with Gasteiger partial charge in [-0.05, 0) is 25.3 Å². The minimum Gasteiger partial charge on any atom is -0.447 e. The summed E-state index contributed by atoms with van der Waals surface area (Å²) >= 11 is 0. The monoisotopic (exact) mass is 375 g/mol. The van der Waals surface area contributed by atoms with Crippen LogP contribution in [0.1, 0.15) is 31.7 Å². The van der Waals surface area contributed by atoms with Crippen molar-refractivity contribution in [1.82, 2.24) is 4.90 Å².